The first-order valence-corrected chi connectivity index (χ1v) is 12.2. The summed E-state index contributed by atoms with van der Waals surface area (Å²) in [5, 5.41) is 0.688. The topological polar surface area (TPSA) is 81.5 Å². The summed E-state index contributed by atoms with van der Waals surface area (Å²) in [4.78, 5) is 22.2. The maximum absolute atomic E-state index is 14.6. The van der Waals surface area contributed by atoms with Gasteiger partial charge in [-0.1, -0.05) is 59.8 Å². The number of benzene rings is 2. The Morgan fingerprint density at radius 1 is 1.10 bits per heavy atom. The molecule has 1 amide bonds. The molecule has 1 atom stereocenters. The number of halogens is 1. The van der Waals surface area contributed by atoms with Crippen molar-refractivity contribution < 1.29 is 13.7 Å². The molecule has 1 aliphatic rings. The highest BCUT2D eigenvalue weighted by Gasteiger charge is 2.53. The lowest BCUT2D eigenvalue weighted by Gasteiger charge is -2.42. The molecule has 3 aromatic rings. The van der Waals surface area contributed by atoms with E-state index < -0.39 is 20.4 Å². The summed E-state index contributed by atoms with van der Waals surface area (Å²) in [6, 6.07) is 18.9. The number of carbonyl (C=O) groups excluding carboxylic acids is 1. The Hall–Kier alpha value is -2.26. The van der Waals surface area contributed by atoms with Gasteiger partial charge < -0.3 is 4.74 Å². The summed E-state index contributed by atoms with van der Waals surface area (Å²) >= 11 is 7.55. The second-order valence-corrected chi connectivity index (χ2v) is 10.3. The van der Waals surface area contributed by atoms with E-state index >= 15 is 0 Å². The summed E-state index contributed by atoms with van der Waals surface area (Å²) in [6.07, 6.45) is 1.83. The van der Waals surface area contributed by atoms with Crippen molar-refractivity contribution in [2.75, 3.05) is 19.5 Å². The lowest BCUT2D eigenvalue weighted by atomic mass is 10.0. The summed E-state index contributed by atoms with van der Waals surface area (Å²) in [5.41, 5.74) is 0.818. The van der Waals surface area contributed by atoms with Gasteiger partial charge in [0, 0.05) is 10.5 Å². The molecule has 0 bridgehead atoms. The van der Waals surface area contributed by atoms with Gasteiger partial charge in [-0.3, -0.25) is 4.79 Å². The van der Waals surface area contributed by atoms with E-state index in [4.69, 9.17) is 16.3 Å². The largest absolute Gasteiger partial charge is 0.377 e. The first kappa shape index (κ1) is 21.0. The zero-order valence-corrected chi connectivity index (χ0v) is 18.4. The molecule has 1 aliphatic heterocycles. The number of rotatable bonds is 5. The van der Waals surface area contributed by atoms with Crippen LogP contribution in [0.2, 0.25) is 5.15 Å². The molecule has 1 aromatic heterocycles. The average Bonchev–Trinajstić information content (AvgIpc) is 2.73. The fourth-order valence-corrected chi connectivity index (χ4v) is 6.26. The van der Waals surface area contributed by atoms with Crippen LogP contribution in [0.3, 0.4) is 0 Å². The number of carbonyl (C=O) groups is 1. The lowest BCUT2D eigenvalue weighted by molar-refractivity contribution is -0.0165. The molecule has 30 heavy (non-hydrogen) atoms. The van der Waals surface area contributed by atoms with Crippen molar-refractivity contribution in [3.8, 4) is 0 Å². The Labute approximate surface area is 184 Å². The van der Waals surface area contributed by atoms with E-state index in [1.54, 1.807) is 60.7 Å². The van der Waals surface area contributed by atoms with Crippen LogP contribution in [0.25, 0.3) is 0 Å². The molecule has 9 heteroatoms. The van der Waals surface area contributed by atoms with Crippen LogP contribution in [-0.2, 0) is 19.2 Å². The Morgan fingerprint density at radius 3 is 2.30 bits per heavy atom. The highest BCUT2D eigenvalue weighted by molar-refractivity contribution is 7.98. The van der Waals surface area contributed by atoms with Crippen molar-refractivity contribution in [2.45, 2.75) is 14.8 Å². The smallest absolute Gasteiger partial charge is 0.285 e. The van der Waals surface area contributed by atoms with Gasteiger partial charge in [-0.2, -0.15) is 4.36 Å². The van der Waals surface area contributed by atoms with Crippen molar-refractivity contribution in [2.24, 2.45) is 4.36 Å². The van der Waals surface area contributed by atoms with E-state index in [1.807, 2.05) is 12.3 Å². The third-order valence-electron chi connectivity index (χ3n) is 4.82. The lowest BCUT2D eigenvalue weighted by Crippen LogP contribution is -2.53. The van der Waals surface area contributed by atoms with Crippen LogP contribution in [0.1, 0.15) is 16.1 Å². The molecule has 2 heterocycles. The van der Waals surface area contributed by atoms with Crippen molar-refractivity contribution >= 4 is 39.0 Å². The number of hydrogen-bond acceptors (Lipinski definition) is 6. The van der Waals surface area contributed by atoms with Gasteiger partial charge >= 0.3 is 0 Å². The Kier molecular flexibility index (Phi) is 5.92. The van der Waals surface area contributed by atoms with Gasteiger partial charge in [0.25, 0.3) is 5.91 Å². The Bertz CT molecular complexity index is 1190. The average molecular weight is 460 g/mol. The highest BCUT2D eigenvalue weighted by Crippen LogP contribution is 2.43. The maximum Gasteiger partial charge on any atom is 0.285 e. The third kappa shape index (κ3) is 3.65. The number of aromatic nitrogens is 2. The van der Waals surface area contributed by atoms with Crippen LogP contribution in [0.4, 0.5) is 0 Å². The summed E-state index contributed by atoms with van der Waals surface area (Å²) in [5.74, 6) is -0.555. The van der Waals surface area contributed by atoms with Gasteiger partial charge in [-0.05, 0) is 36.6 Å². The van der Waals surface area contributed by atoms with Gasteiger partial charge in [0.1, 0.15) is 9.90 Å². The normalized spacial score (nSPS) is 16.9. The molecular formula is C21H18ClN3O3S2. The molecule has 154 valence electrons. The zero-order chi connectivity index (χ0) is 21.2. The summed E-state index contributed by atoms with van der Waals surface area (Å²) in [7, 11) is -3.32. The van der Waals surface area contributed by atoms with Crippen molar-refractivity contribution in [3.63, 3.8) is 0 Å². The molecule has 0 saturated carbocycles. The third-order valence-corrected chi connectivity index (χ3v) is 8.40. The number of amides is 1. The number of nitrogens with zero attached hydrogens (tertiary/aromatic N) is 3. The van der Waals surface area contributed by atoms with Crippen molar-refractivity contribution in [1.82, 2.24) is 9.97 Å². The number of ether oxygens (including phenoxy) is 1. The highest BCUT2D eigenvalue weighted by atomic mass is 35.5. The molecule has 1 saturated heterocycles. The van der Waals surface area contributed by atoms with E-state index in [9.17, 15) is 9.00 Å². The van der Waals surface area contributed by atoms with Gasteiger partial charge in [0.15, 0.2) is 5.16 Å². The van der Waals surface area contributed by atoms with E-state index in [-0.39, 0.29) is 18.4 Å². The van der Waals surface area contributed by atoms with Crippen LogP contribution in [0.5, 0.6) is 0 Å². The van der Waals surface area contributed by atoms with Gasteiger partial charge in [-0.25, -0.2) is 14.2 Å². The predicted octanol–water partition coefficient (Wildman–Crippen LogP) is 4.44. The molecule has 0 aliphatic carbocycles. The fraction of sp³-hybridized carbons (Fsp3) is 0.190. The minimum Gasteiger partial charge on any atom is -0.377 e. The molecular weight excluding hydrogens is 442 g/mol. The van der Waals surface area contributed by atoms with Gasteiger partial charge in [0.05, 0.1) is 28.6 Å². The first-order valence-electron chi connectivity index (χ1n) is 9.06. The maximum atomic E-state index is 14.6. The SMILES string of the molecule is CSc1nc(Cl)cc(C2(S(=O)(=NC(=O)c3ccccc3)c3ccccc3)COC2)n1. The molecule has 2 aromatic carbocycles. The van der Waals surface area contributed by atoms with Crippen molar-refractivity contribution in [1.29, 1.82) is 0 Å². The standard InChI is InChI=1S/C21H18ClN3O3S2/c1-29-20-23-17(12-18(22)24-20)21(13-28-14-21)30(27,16-10-6-3-7-11-16)25-19(26)15-8-4-2-5-9-15/h2-12H,13-14H2,1H3. The molecule has 0 N–H and O–H groups in total. The molecule has 4 rings (SSSR count). The summed E-state index contributed by atoms with van der Waals surface area (Å²) < 4.78 is 23.3. The monoisotopic (exact) mass is 459 g/mol. The van der Waals surface area contributed by atoms with Crippen molar-refractivity contribution in [3.05, 3.63) is 83.1 Å². The fourth-order valence-electron chi connectivity index (χ4n) is 3.18. The van der Waals surface area contributed by atoms with Crippen LogP contribution in [0, 0.1) is 0 Å². The van der Waals surface area contributed by atoms with E-state index in [2.05, 4.69) is 14.3 Å². The first-order chi connectivity index (χ1) is 14.5. The minimum absolute atomic E-state index is 0.105. The van der Waals surface area contributed by atoms with Gasteiger partial charge in [0.2, 0.25) is 0 Å². The number of hydrogen-bond donors (Lipinski definition) is 0. The molecule has 1 unspecified atom stereocenters. The number of thioether (sulfide) groups is 1. The Balaban J connectivity index is 1.96. The van der Waals surface area contributed by atoms with E-state index in [0.717, 1.165) is 0 Å². The minimum atomic E-state index is -3.32. The van der Waals surface area contributed by atoms with Crippen LogP contribution in [-0.4, -0.2) is 39.6 Å². The van der Waals surface area contributed by atoms with Crippen LogP contribution >= 0.6 is 23.4 Å². The van der Waals surface area contributed by atoms with E-state index in [0.29, 0.717) is 21.3 Å². The Morgan fingerprint density at radius 2 is 1.73 bits per heavy atom. The van der Waals surface area contributed by atoms with E-state index in [1.165, 1.54) is 11.8 Å². The second kappa shape index (κ2) is 8.47. The van der Waals surface area contributed by atoms with Crippen LogP contribution in [0.15, 0.2) is 81.1 Å². The molecule has 6 nitrogen and oxygen atoms in total. The molecule has 1 fully saturated rings. The quantitative estimate of drug-likeness (QED) is 0.318. The zero-order valence-electron chi connectivity index (χ0n) is 16.0. The summed E-state index contributed by atoms with van der Waals surface area (Å²) in [6.45, 7) is 0.209. The van der Waals surface area contributed by atoms with Gasteiger partial charge in [-0.15, -0.1) is 0 Å². The van der Waals surface area contributed by atoms with Crippen LogP contribution < -0.4 is 0 Å². The predicted molar refractivity (Wildman–Crippen MR) is 117 cm³/mol. The molecule has 0 radical (unpaired) electrons. The second-order valence-electron chi connectivity index (χ2n) is 6.65. The molecule has 0 spiro atoms.